The van der Waals surface area contributed by atoms with Crippen LogP contribution in [0, 0.1) is 5.92 Å². The van der Waals surface area contributed by atoms with Crippen molar-refractivity contribution >= 4 is 11.6 Å². The molecule has 0 radical (unpaired) electrons. The molecular weight excluding hydrogens is 196 g/mol. The first-order valence-corrected chi connectivity index (χ1v) is 5.69. The molecule has 0 saturated carbocycles. The van der Waals surface area contributed by atoms with Crippen molar-refractivity contribution in [3.05, 3.63) is 0 Å². The summed E-state index contributed by atoms with van der Waals surface area (Å²) < 4.78 is 0. The first-order valence-electron chi connectivity index (χ1n) is 5.31. The van der Waals surface area contributed by atoms with Crippen molar-refractivity contribution in [2.75, 3.05) is 0 Å². The fourth-order valence-electron chi connectivity index (χ4n) is 1.10. The van der Waals surface area contributed by atoms with Crippen LogP contribution in [0.5, 0.6) is 0 Å². The van der Waals surface area contributed by atoms with E-state index in [2.05, 4.69) is 44.8 Å². The largest absolute Gasteiger partial charge is 0.186 e. The number of halogens is 1. The van der Waals surface area contributed by atoms with Gasteiger partial charge in [-0.2, -0.15) is 10.2 Å². The van der Waals surface area contributed by atoms with E-state index in [4.69, 9.17) is 11.6 Å². The highest BCUT2D eigenvalue weighted by Gasteiger charge is 2.23. The third-order valence-corrected chi connectivity index (χ3v) is 2.41. The Morgan fingerprint density at radius 2 is 1.64 bits per heavy atom. The van der Waals surface area contributed by atoms with E-state index < -0.39 is 5.00 Å². The van der Waals surface area contributed by atoms with Crippen LogP contribution in [0.1, 0.15) is 54.4 Å². The van der Waals surface area contributed by atoms with Gasteiger partial charge >= 0.3 is 0 Å². The molecule has 0 aromatic carbocycles. The van der Waals surface area contributed by atoms with Gasteiger partial charge in [0.25, 0.3) is 0 Å². The summed E-state index contributed by atoms with van der Waals surface area (Å²) in [6, 6.07) is 0. The summed E-state index contributed by atoms with van der Waals surface area (Å²) in [4.78, 5) is -0.541. The van der Waals surface area contributed by atoms with Crippen molar-refractivity contribution < 1.29 is 0 Å². The molecule has 0 rings (SSSR count). The van der Waals surface area contributed by atoms with E-state index in [1.807, 2.05) is 6.92 Å². The Kier molecular flexibility index (Phi) is 5.07. The number of hydrogen-bond acceptors (Lipinski definition) is 2. The number of rotatable bonds is 5. The van der Waals surface area contributed by atoms with E-state index in [0.717, 1.165) is 12.8 Å². The Balaban J connectivity index is 4.34. The third-order valence-electron chi connectivity index (χ3n) is 2.18. The minimum atomic E-state index is -0.541. The van der Waals surface area contributed by atoms with Crippen LogP contribution < -0.4 is 0 Å². The maximum Gasteiger partial charge on any atom is 0.152 e. The van der Waals surface area contributed by atoms with Crippen LogP contribution in [-0.2, 0) is 0 Å². The normalized spacial score (nSPS) is 17.7. The first-order chi connectivity index (χ1) is 6.18. The van der Waals surface area contributed by atoms with Gasteiger partial charge in [-0.25, -0.2) is 0 Å². The predicted molar refractivity (Wildman–Crippen MR) is 62.9 cm³/mol. The molecule has 0 aliphatic rings. The average Bonchev–Trinajstić information content (AvgIpc) is 1.99. The smallest absolute Gasteiger partial charge is 0.152 e. The second kappa shape index (κ2) is 5.11. The molecule has 0 aliphatic carbocycles. The Labute approximate surface area is 93.1 Å². The highest BCUT2D eigenvalue weighted by Crippen LogP contribution is 2.27. The van der Waals surface area contributed by atoms with E-state index in [1.165, 1.54) is 0 Å². The van der Waals surface area contributed by atoms with Crippen LogP contribution in [-0.4, -0.2) is 10.5 Å². The zero-order valence-electron chi connectivity index (χ0n) is 10.3. The van der Waals surface area contributed by atoms with Crippen LogP contribution in [0.4, 0.5) is 0 Å². The number of alkyl halides is 1. The van der Waals surface area contributed by atoms with Gasteiger partial charge in [-0.3, -0.25) is 0 Å². The van der Waals surface area contributed by atoms with Crippen molar-refractivity contribution in [2.45, 2.75) is 64.9 Å². The lowest BCUT2D eigenvalue weighted by atomic mass is 10.0. The summed E-state index contributed by atoms with van der Waals surface area (Å²) in [5.41, 5.74) is -0.0901. The van der Waals surface area contributed by atoms with Crippen LogP contribution >= 0.6 is 11.6 Å². The lowest BCUT2D eigenvalue weighted by molar-refractivity contribution is 0.413. The molecule has 0 saturated heterocycles. The average molecular weight is 219 g/mol. The lowest BCUT2D eigenvalue weighted by Gasteiger charge is -2.21. The van der Waals surface area contributed by atoms with Gasteiger partial charge in [0.1, 0.15) is 0 Å². The summed E-state index contributed by atoms with van der Waals surface area (Å²) >= 11 is 6.23. The SMILES string of the molecule is CCC(C)(C)/N=N/C(C)(Cl)CC(C)C. The van der Waals surface area contributed by atoms with Gasteiger partial charge in [0.2, 0.25) is 0 Å². The van der Waals surface area contributed by atoms with E-state index in [1.54, 1.807) is 0 Å². The van der Waals surface area contributed by atoms with Crippen molar-refractivity contribution in [2.24, 2.45) is 16.1 Å². The molecule has 0 aromatic rings. The molecule has 0 aliphatic heterocycles. The maximum atomic E-state index is 6.23. The Morgan fingerprint density at radius 1 is 1.14 bits per heavy atom. The lowest BCUT2D eigenvalue weighted by Crippen LogP contribution is -2.19. The second-order valence-corrected chi connectivity index (χ2v) is 5.92. The fraction of sp³-hybridized carbons (Fsp3) is 1.00. The molecule has 0 fully saturated rings. The van der Waals surface area contributed by atoms with Crippen molar-refractivity contribution in [3.63, 3.8) is 0 Å². The van der Waals surface area contributed by atoms with Gasteiger partial charge in [0.05, 0.1) is 5.54 Å². The monoisotopic (exact) mass is 218 g/mol. The molecule has 14 heavy (non-hydrogen) atoms. The molecule has 0 aromatic heterocycles. The van der Waals surface area contributed by atoms with Crippen molar-refractivity contribution in [1.82, 2.24) is 0 Å². The van der Waals surface area contributed by atoms with Gasteiger partial charge in [-0.05, 0) is 39.5 Å². The molecule has 1 unspecified atom stereocenters. The van der Waals surface area contributed by atoms with Crippen LogP contribution in [0.15, 0.2) is 10.2 Å². The zero-order valence-corrected chi connectivity index (χ0v) is 11.0. The molecule has 2 nitrogen and oxygen atoms in total. The van der Waals surface area contributed by atoms with E-state index in [0.29, 0.717) is 5.92 Å². The first kappa shape index (κ1) is 13.9. The van der Waals surface area contributed by atoms with Gasteiger partial charge in [-0.15, -0.1) is 0 Å². The Hall–Kier alpha value is -0.110. The molecule has 0 bridgehead atoms. The second-order valence-electron chi connectivity index (χ2n) is 5.11. The van der Waals surface area contributed by atoms with Crippen LogP contribution in [0.25, 0.3) is 0 Å². The summed E-state index contributed by atoms with van der Waals surface area (Å²) in [5, 5.41) is 8.52. The van der Waals surface area contributed by atoms with E-state index in [-0.39, 0.29) is 5.54 Å². The number of nitrogens with zero attached hydrogens (tertiary/aromatic N) is 2. The Morgan fingerprint density at radius 3 is 2.00 bits per heavy atom. The maximum absolute atomic E-state index is 6.23. The molecule has 0 amide bonds. The standard InChI is InChI=1S/C11H23ClN2/c1-7-10(4,5)13-14-11(6,12)8-9(2)3/h9H,7-8H2,1-6H3/b14-13+. The highest BCUT2D eigenvalue weighted by molar-refractivity contribution is 6.23. The topological polar surface area (TPSA) is 24.7 Å². The van der Waals surface area contributed by atoms with E-state index in [9.17, 15) is 0 Å². The summed E-state index contributed by atoms with van der Waals surface area (Å²) in [6.07, 6.45) is 1.84. The molecule has 84 valence electrons. The minimum Gasteiger partial charge on any atom is -0.186 e. The Bertz CT molecular complexity index is 195. The van der Waals surface area contributed by atoms with Crippen molar-refractivity contribution in [3.8, 4) is 0 Å². The zero-order chi connectivity index (χ0) is 11.4. The molecule has 0 N–H and O–H groups in total. The molecule has 0 spiro atoms. The molecule has 0 heterocycles. The molecular formula is C11H23ClN2. The van der Waals surface area contributed by atoms with Gasteiger partial charge < -0.3 is 0 Å². The third kappa shape index (κ3) is 6.36. The van der Waals surface area contributed by atoms with Gasteiger partial charge in [-0.1, -0.05) is 32.4 Å². The number of hydrogen-bond donors (Lipinski definition) is 0. The van der Waals surface area contributed by atoms with Gasteiger partial charge in [0.15, 0.2) is 5.00 Å². The minimum absolute atomic E-state index is 0.0901. The van der Waals surface area contributed by atoms with Crippen LogP contribution in [0.2, 0.25) is 0 Å². The highest BCUT2D eigenvalue weighted by atomic mass is 35.5. The summed E-state index contributed by atoms with van der Waals surface area (Å²) in [6.45, 7) is 12.4. The predicted octanol–water partition coefficient (Wildman–Crippen LogP) is 4.63. The molecule has 3 heteroatoms. The summed E-state index contributed by atoms with van der Waals surface area (Å²) in [5.74, 6) is 0.543. The van der Waals surface area contributed by atoms with Crippen LogP contribution in [0.3, 0.4) is 0 Å². The van der Waals surface area contributed by atoms with Crippen molar-refractivity contribution in [1.29, 1.82) is 0 Å². The van der Waals surface area contributed by atoms with E-state index >= 15 is 0 Å². The summed E-state index contributed by atoms with van der Waals surface area (Å²) in [7, 11) is 0. The quantitative estimate of drug-likeness (QED) is 0.365. The fourth-order valence-corrected chi connectivity index (χ4v) is 1.44. The number of azo groups is 1. The van der Waals surface area contributed by atoms with Gasteiger partial charge in [0, 0.05) is 0 Å². The molecule has 1 atom stereocenters.